The van der Waals surface area contributed by atoms with Crippen molar-refractivity contribution in [2.45, 2.75) is 19.5 Å². The van der Waals surface area contributed by atoms with Crippen molar-refractivity contribution in [2.24, 2.45) is 0 Å². The van der Waals surface area contributed by atoms with Crippen LogP contribution in [0.5, 0.6) is 0 Å². The molecule has 19 heavy (non-hydrogen) atoms. The minimum Gasteiger partial charge on any atom is -0.383 e. The monoisotopic (exact) mass is 332 g/mol. The highest BCUT2D eigenvalue weighted by Gasteiger charge is 2.12. The van der Waals surface area contributed by atoms with Crippen LogP contribution in [0.15, 0.2) is 22.7 Å². The maximum Gasteiger partial charge on any atom is 0.236 e. The Bertz CT molecular complexity index is 429. The summed E-state index contributed by atoms with van der Waals surface area (Å²) in [5, 5.41) is 5.70. The SMILES string of the molecule is COCCNC(=O)C(C)NCc1cc(Br)ccc1F. The van der Waals surface area contributed by atoms with Crippen LogP contribution >= 0.6 is 15.9 Å². The van der Waals surface area contributed by atoms with E-state index >= 15 is 0 Å². The lowest BCUT2D eigenvalue weighted by Crippen LogP contribution is -2.42. The number of amides is 1. The van der Waals surface area contributed by atoms with Crippen LogP contribution in [-0.2, 0) is 16.1 Å². The van der Waals surface area contributed by atoms with Crippen molar-refractivity contribution in [3.8, 4) is 0 Å². The van der Waals surface area contributed by atoms with Crippen molar-refractivity contribution >= 4 is 21.8 Å². The van der Waals surface area contributed by atoms with Crippen LogP contribution in [0.2, 0.25) is 0 Å². The summed E-state index contributed by atoms with van der Waals surface area (Å²) in [5.74, 6) is -0.421. The zero-order valence-corrected chi connectivity index (χ0v) is 12.6. The van der Waals surface area contributed by atoms with Gasteiger partial charge in [-0.1, -0.05) is 15.9 Å². The van der Waals surface area contributed by atoms with Gasteiger partial charge in [0.25, 0.3) is 0 Å². The van der Waals surface area contributed by atoms with E-state index in [2.05, 4.69) is 26.6 Å². The predicted octanol–water partition coefficient (Wildman–Crippen LogP) is 1.83. The van der Waals surface area contributed by atoms with E-state index in [9.17, 15) is 9.18 Å². The third kappa shape index (κ3) is 5.67. The van der Waals surface area contributed by atoms with Gasteiger partial charge >= 0.3 is 0 Å². The average Bonchev–Trinajstić information content (AvgIpc) is 2.39. The first-order valence-electron chi connectivity index (χ1n) is 5.98. The molecule has 1 aromatic rings. The summed E-state index contributed by atoms with van der Waals surface area (Å²) in [4.78, 5) is 11.7. The Morgan fingerprint density at radius 3 is 2.95 bits per heavy atom. The topological polar surface area (TPSA) is 50.4 Å². The summed E-state index contributed by atoms with van der Waals surface area (Å²) < 4.78 is 19.1. The molecule has 4 nitrogen and oxygen atoms in total. The molecule has 0 spiro atoms. The number of hydrogen-bond donors (Lipinski definition) is 2. The third-order valence-corrected chi connectivity index (χ3v) is 3.10. The van der Waals surface area contributed by atoms with E-state index in [4.69, 9.17) is 4.74 Å². The fourth-order valence-corrected chi connectivity index (χ4v) is 1.87. The molecule has 2 N–H and O–H groups in total. The van der Waals surface area contributed by atoms with E-state index in [1.807, 2.05) is 0 Å². The molecule has 1 rings (SSSR count). The standard InChI is InChI=1S/C13H18BrFN2O2/c1-9(13(18)16-5-6-19-2)17-8-10-7-11(14)3-4-12(10)15/h3-4,7,9,17H,5-6,8H2,1-2H3,(H,16,18). The van der Waals surface area contributed by atoms with Gasteiger partial charge in [-0.2, -0.15) is 0 Å². The van der Waals surface area contributed by atoms with Crippen molar-refractivity contribution in [3.05, 3.63) is 34.1 Å². The van der Waals surface area contributed by atoms with Crippen LogP contribution in [0.4, 0.5) is 4.39 Å². The third-order valence-electron chi connectivity index (χ3n) is 2.61. The van der Waals surface area contributed by atoms with Crippen molar-refractivity contribution in [1.29, 1.82) is 0 Å². The molecule has 0 saturated heterocycles. The summed E-state index contributed by atoms with van der Waals surface area (Å²) in [6.45, 7) is 2.97. The number of nitrogens with one attached hydrogen (secondary N) is 2. The smallest absolute Gasteiger partial charge is 0.236 e. The lowest BCUT2D eigenvalue weighted by Gasteiger charge is -2.14. The second-order valence-electron chi connectivity index (χ2n) is 4.12. The number of ether oxygens (including phenoxy) is 1. The van der Waals surface area contributed by atoms with Crippen LogP contribution < -0.4 is 10.6 Å². The fraction of sp³-hybridized carbons (Fsp3) is 0.462. The largest absolute Gasteiger partial charge is 0.383 e. The van der Waals surface area contributed by atoms with E-state index in [0.717, 1.165) is 4.47 Å². The molecule has 0 saturated carbocycles. The van der Waals surface area contributed by atoms with Crippen LogP contribution in [0.25, 0.3) is 0 Å². The van der Waals surface area contributed by atoms with E-state index < -0.39 is 6.04 Å². The van der Waals surface area contributed by atoms with Gasteiger partial charge < -0.3 is 15.4 Å². The van der Waals surface area contributed by atoms with Gasteiger partial charge in [-0.05, 0) is 25.1 Å². The van der Waals surface area contributed by atoms with Crippen LogP contribution in [0.1, 0.15) is 12.5 Å². The van der Waals surface area contributed by atoms with E-state index in [1.165, 1.54) is 6.07 Å². The summed E-state index contributed by atoms with van der Waals surface area (Å²) in [5.41, 5.74) is 0.519. The second kappa shape index (κ2) is 8.24. The van der Waals surface area contributed by atoms with Gasteiger partial charge in [-0.15, -0.1) is 0 Å². The van der Waals surface area contributed by atoms with Crippen LogP contribution in [0.3, 0.4) is 0 Å². The van der Waals surface area contributed by atoms with Crippen molar-refractivity contribution < 1.29 is 13.9 Å². The number of methoxy groups -OCH3 is 1. The Morgan fingerprint density at radius 1 is 1.53 bits per heavy atom. The van der Waals surface area contributed by atoms with E-state index in [-0.39, 0.29) is 11.7 Å². The summed E-state index contributed by atoms with van der Waals surface area (Å²) in [6.07, 6.45) is 0. The maximum absolute atomic E-state index is 13.5. The Morgan fingerprint density at radius 2 is 2.26 bits per heavy atom. The molecule has 0 fully saturated rings. The van der Waals surface area contributed by atoms with Crippen LogP contribution in [0, 0.1) is 5.82 Å². The minimum absolute atomic E-state index is 0.132. The summed E-state index contributed by atoms with van der Waals surface area (Å²) in [6, 6.07) is 4.33. The number of rotatable bonds is 7. The number of carbonyl (C=O) groups excluding carboxylic acids is 1. The lowest BCUT2D eigenvalue weighted by atomic mass is 10.2. The van der Waals surface area contributed by atoms with Gasteiger partial charge in [0.05, 0.1) is 12.6 Å². The van der Waals surface area contributed by atoms with Gasteiger partial charge in [-0.25, -0.2) is 4.39 Å². The molecule has 1 atom stereocenters. The first-order valence-corrected chi connectivity index (χ1v) is 6.78. The summed E-state index contributed by atoms with van der Waals surface area (Å²) in [7, 11) is 1.57. The quantitative estimate of drug-likeness (QED) is 0.749. The van der Waals surface area contributed by atoms with Gasteiger partial charge in [0, 0.05) is 30.2 Å². The van der Waals surface area contributed by atoms with E-state index in [1.54, 1.807) is 26.2 Å². The lowest BCUT2D eigenvalue weighted by molar-refractivity contribution is -0.123. The van der Waals surface area contributed by atoms with Crippen molar-refractivity contribution in [3.63, 3.8) is 0 Å². The highest BCUT2D eigenvalue weighted by atomic mass is 79.9. The number of halogens is 2. The molecule has 0 aliphatic carbocycles. The predicted molar refractivity (Wildman–Crippen MR) is 75.3 cm³/mol. The highest BCUT2D eigenvalue weighted by molar-refractivity contribution is 9.10. The number of hydrogen-bond acceptors (Lipinski definition) is 3. The Kier molecular flexibility index (Phi) is 6.97. The molecule has 0 bridgehead atoms. The first kappa shape index (κ1) is 16.1. The molecular weight excluding hydrogens is 315 g/mol. The van der Waals surface area contributed by atoms with E-state index in [0.29, 0.717) is 25.3 Å². The van der Waals surface area contributed by atoms with Crippen LogP contribution in [-0.4, -0.2) is 32.2 Å². The molecule has 1 unspecified atom stereocenters. The molecule has 0 aliphatic rings. The first-order chi connectivity index (χ1) is 9.04. The van der Waals surface area contributed by atoms with Gasteiger partial charge in [0.2, 0.25) is 5.91 Å². The molecule has 0 radical (unpaired) electrons. The molecule has 1 aromatic carbocycles. The highest BCUT2D eigenvalue weighted by Crippen LogP contribution is 2.15. The maximum atomic E-state index is 13.5. The summed E-state index contributed by atoms with van der Waals surface area (Å²) >= 11 is 3.29. The number of benzene rings is 1. The molecule has 0 aromatic heterocycles. The number of carbonyl (C=O) groups is 1. The Hall–Kier alpha value is -0.980. The van der Waals surface area contributed by atoms with Crippen molar-refractivity contribution in [2.75, 3.05) is 20.3 Å². The second-order valence-corrected chi connectivity index (χ2v) is 5.04. The molecular formula is C13H18BrFN2O2. The fourth-order valence-electron chi connectivity index (χ4n) is 1.46. The molecule has 0 aliphatic heterocycles. The molecule has 1 amide bonds. The molecule has 0 heterocycles. The van der Waals surface area contributed by atoms with Gasteiger partial charge in [-0.3, -0.25) is 4.79 Å². The zero-order chi connectivity index (χ0) is 14.3. The normalized spacial score (nSPS) is 12.2. The minimum atomic E-state index is -0.393. The zero-order valence-electron chi connectivity index (χ0n) is 11.0. The van der Waals surface area contributed by atoms with Gasteiger partial charge in [0.15, 0.2) is 0 Å². The molecule has 106 valence electrons. The average molecular weight is 333 g/mol. The van der Waals surface area contributed by atoms with Gasteiger partial charge in [0.1, 0.15) is 5.82 Å². The molecule has 6 heteroatoms. The van der Waals surface area contributed by atoms with Crippen molar-refractivity contribution in [1.82, 2.24) is 10.6 Å². The Balaban J connectivity index is 2.42. The Labute approximate surface area is 120 Å².